The van der Waals surface area contributed by atoms with Crippen LogP contribution in [0.2, 0.25) is 0 Å². The van der Waals surface area contributed by atoms with Crippen molar-refractivity contribution in [1.29, 1.82) is 0 Å². The molecule has 4 rings (SSSR count). The molecule has 0 radical (unpaired) electrons. The van der Waals surface area contributed by atoms with Crippen molar-refractivity contribution >= 4 is 5.69 Å². The Bertz CT molecular complexity index is 881. The first-order valence-electron chi connectivity index (χ1n) is 11.1. The summed E-state index contributed by atoms with van der Waals surface area (Å²) in [7, 11) is 1.73. The fourth-order valence-corrected chi connectivity index (χ4v) is 4.71. The highest BCUT2D eigenvalue weighted by atomic mass is 16.5. The molecule has 0 aromatic heterocycles. The Morgan fingerprint density at radius 3 is 2.50 bits per heavy atom. The molecule has 2 aliphatic rings. The quantitative estimate of drug-likeness (QED) is 0.787. The van der Waals surface area contributed by atoms with Crippen LogP contribution in [-0.2, 0) is 0 Å². The van der Waals surface area contributed by atoms with Gasteiger partial charge < -0.3 is 14.7 Å². The molecule has 1 heterocycles. The lowest BCUT2D eigenvalue weighted by molar-refractivity contribution is -0.0121. The van der Waals surface area contributed by atoms with E-state index < -0.39 is 5.60 Å². The summed E-state index contributed by atoms with van der Waals surface area (Å²) in [5.74, 6) is 7.62. The van der Waals surface area contributed by atoms with Gasteiger partial charge >= 0.3 is 0 Å². The molecule has 0 amide bonds. The Labute approximate surface area is 180 Å². The molecule has 1 saturated carbocycles. The molecule has 1 saturated heterocycles. The number of benzene rings is 2. The molecule has 0 bridgehead atoms. The van der Waals surface area contributed by atoms with Crippen molar-refractivity contribution < 1.29 is 9.84 Å². The zero-order valence-electron chi connectivity index (χ0n) is 17.9. The van der Waals surface area contributed by atoms with Crippen LogP contribution in [-0.4, -0.2) is 55.4 Å². The maximum atomic E-state index is 11.4. The van der Waals surface area contributed by atoms with Gasteiger partial charge in [-0.1, -0.05) is 48.6 Å². The van der Waals surface area contributed by atoms with Gasteiger partial charge in [0.1, 0.15) is 11.4 Å². The summed E-state index contributed by atoms with van der Waals surface area (Å²) in [6, 6.07) is 18.2. The molecule has 2 atom stereocenters. The Kier molecular flexibility index (Phi) is 6.62. The lowest BCUT2D eigenvalue weighted by Crippen LogP contribution is -2.51. The summed E-state index contributed by atoms with van der Waals surface area (Å²) < 4.78 is 5.53. The van der Waals surface area contributed by atoms with E-state index in [0.717, 1.165) is 63.3 Å². The molecule has 1 aliphatic carbocycles. The SMILES string of the molecule is COc1ccccc1N1CCN(CC2CCCCC2(O)C#Cc2ccccc2)CC1. The average Bonchev–Trinajstić information content (AvgIpc) is 2.81. The largest absolute Gasteiger partial charge is 0.495 e. The maximum absolute atomic E-state index is 11.4. The molecule has 1 N–H and O–H groups in total. The van der Waals surface area contributed by atoms with E-state index in [0.29, 0.717) is 0 Å². The number of hydrogen-bond donors (Lipinski definition) is 1. The Balaban J connectivity index is 1.39. The van der Waals surface area contributed by atoms with Crippen molar-refractivity contribution in [3.63, 3.8) is 0 Å². The summed E-state index contributed by atoms with van der Waals surface area (Å²) in [5.41, 5.74) is 1.26. The number of anilines is 1. The predicted octanol–water partition coefficient (Wildman–Crippen LogP) is 3.79. The molecule has 4 heteroatoms. The summed E-state index contributed by atoms with van der Waals surface area (Å²) in [4.78, 5) is 4.90. The second-order valence-electron chi connectivity index (χ2n) is 8.44. The Morgan fingerprint density at radius 1 is 1.00 bits per heavy atom. The minimum Gasteiger partial charge on any atom is -0.495 e. The highest BCUT2D eigenvalue weighted by molar-refractivity contribution is 5.58. The zero-order valence-corrected chi connectivity index (χ0v) is 17.9. The van der Waals surface area contributed by atoms with Gasteiger partial charge in [-0.15, -0.1) is 0 Å². The van der Waals surface area contributed by atoms with E-state index >= 15 is 0 Å². The minimum atomic E-state index is -0.881. The van der Waals surface area contributed by atoms with Gasteiger partial charge in [0.25, 0.3) is 0 Å². The maximum Gasteiger partial charge on any atom is 0.142 e. The number of methoxy groups -OCH3 is 1. The van der Waals surface area contributed by atoms with Crippen molar-refractivity contribution in [3.05, 3.63) is 60.2 Å². The zero-order chi connectivity index (χ0) is 20.8. The molecule has 158 valence electrons. The molecule has 2 unspecified atom stereocenters. The lowest BCUT2D eigenvalue weighted by atomic mass is 9.75. The van der Waals surface area contributed by atoms with Crippen LogP contribution in [0.25, 0.3) is 0 Å². The number of nitrogens with zero attached hydrogens (tertiary/aromatic N) is 2. The number of rotatable bonds is 4. The van der Waals surface area contributed by atoms with Crippen LogP contribution in [0, 0.1) is 17.8 Å². The van der Waals surface area contributed by atoms with Gasteiger partial charge in [0.2, 0.25) is 0 Å². The van der Waals surface area contributed by atoms with E-state index in [4.69, 9.17) is 4.74 Å². The number of ether oxygens (including phenoxy) is 1. The molecule has 2 aromatic carbocycles. The van der Waals surface area contributed by atoms with Gasteiger partial charge in [0.05, 0.1) is 12.8 Å². The molecule has 2 fully saturated rings. The smallest absolute Gasteiger partial charge is 0.142 e. The highest BCUT2D eigenvalue weighted by Gasteiger charge is 2.38. The summed E-state index contributed by atoms with van der Waals surface area (Å²) >= 11 is 0. The highest BCUT2D eigenvalue weighted by Crippen LogP contribution is 2.35. The number of para-hydroxylation sites is 2. The molecule has 1 aliphatic heterocycles. The van der Waals surface area contributed by atoms with Crippen LogP contribution in [0.4, 0.5) is 5.69 Å². The Morgan fingerprint density at radius 2 is 1.73 bits per heavy atom. The van der Waals surface area contributed by atoms with Crippen molar-refractivity contribution in [2.45, 2.75) is 31.3 Å². The first kappa shape index (κ1) is 20.8. The summed E-state index contributed by atoms with van der Waals surface area (Å²) in [6.45, 7) is 4.86. The molecular weight excluding hydrogens is 372 g/mol. The van der Waals surface area contributed by atoms with Crippen LogP contribution in [0.5, 0.6) is 5.75 Å². The normalized spacial score (nSPS) is 24.7. The third-order valence-electron chi connectivity index (χ3n) is 6.51. The van der Waals surface area contributed by atoms with Crippen molar-refractivity contribution in [3.8, 4) is 17.6 Å². The van der Waals surface area contributed by atoms with Crippen LogP contribution < -0.4 is 9.64 Å². The van der Waals surface area contributed by atoms with Gasteiger partial charge in [0.15, 0.2) is 0 Å². The second kappa shape index (κ2) is 9.55. The van der Waals surface area contributed by atoms with Gasteiger partial charge in [-0.25, -0.2) is 0 Å². The van der Waals surface area contributed by atoms with Crippen molar-refractivity contribution in [2.24, 2.45) is 5.92 Å². The van der Waals surface area contributed by atoms with E-state index in [1.807, 2.05) is 42.5 Å². The average molecular weight is 405 g/mol. The number of piperazine rings is 1. The van der Waals surface area contributed by atoms with Crippen LogP contribution >= 0.6 is 0 Å². The van der Waals surface area contributed by atoms with Crippen LogP contribution in [0.15, 0.2) is 54.6 Å². The van der Waals surface area contributed by atoms with E-state index in [1.54, 1.807) is 7.11 Å². The molecule has 30 heavy (non-hydrogen) atoms. The van der Waals surface area contributed by atoms with Crippen LogP contribution in [0.3, 0.4) is 0 Å². The van der Waals surface area contributed by atoms with E-state index in [2.05, 4.69) is 33.8 Å². The van der Waals surface area contributed by atoms with Crippen molar-refractivity contribution in [1.82, 2.24) is 4.90 Å². The van der Waals surface area contributed by atoms with E-state index in [1.165, 1.54) is 12.1 Å². The van der Waals surface area contributed by atoms with Gasteiger partial charge in [0, 0.05) is 44.2 Å². The first-order valence-corrected chi connectivity index (χ1v) is 11.1. The fourth-order valence-electron chi connectivity index (χ4n) is 4.71. The Hall–Kier alpha value is -2.48. The van der Waals surface area contributed by atoms with E-state index in [-0.39, 0.29) is 5.92 Å². The van der Waals surface area contributed by atoms with Gasteiger partial charge in [-0.05, 0) is 43.5 Å². The first-order chi connectivity index (χ1) is 14.7. The molecule has 2 aromatic rings. The fraction of sp³-hybridized carbons (Fsp3) is 0.462. The van der Waals surface area contributed by atoms with Gasteiger partial charge in [-0.3, -0.25) is 4.90 Å². The van der Waals surface area contributed by atoms with E-state index in [9.17, 15) is 5.11 Å². The number of hydrogen-bond acceptors (Lipinski definition) is 4. The third kappa shape index (κ3) is 4.80. The predicted molar refractivity (Wildman–Crippen MR) is 122 cm³/mol. The molecular formula is C26H32N2O2. The standard InChI is InChI=1S/C26H32N2O2/c1-30-25-13-6-5-12-24(25)28-19-17-27(18-20-28)21-23-11-7-8-15-26(23,29)16-14-22-9-3-2-4-10-22/h2-6,9-10,12-13,23,29H,7-8,11,15,17-21H2,1H3. The lowest BCUT2D eigenvalue weighted by Gasteiger charge is -2.42. The number of aliphatic hydroxyl groups is 1. The molecule has 4 nitrogen and oxygen atoms in total. The van der Waals surface area contributed by atoms with Crippen molar-refractivity contribution in [2.75, 3.05) is 44.7 Å². The third-order valence-corrected chi connectivity index (χ3v) is 6.51. The monoisotopic (exact) mass is 404 g/mol. The second-order valence-corrected chi connectivity index (χ2v) is 8.44. The minimum absolute atomic E-state index is 0.209. The van der Waals surface area contributed by atoms with Crippen LogP contribution in [0.1, 0.15) is 31.2 Å². The van der Waals surface area contributed by atoms with Gasteiger partial charge in [-0.2, -0.15) is 0 Å². The summed E-state index contributed by atoms with van der Waals surface area (Å²) in [6.07, 6.45) is 4.06. The molecule has 0 spiro atoms. The topological polar surface area (TPSA) is 35.9 Å². The summed E-state index contributed by atoms with van der Waals surface area (Å²) in [5, 5.41) is 11.4.